The number of rotatable bonds is 6. The van der Waals surface area contributed by atoms with Crippen LogP contribution < -0.4 is 0 Å². The summed E-state index contributed by atoms with van der Waals surface area (Å²) in [4.78, 5) is 3.88. The fourth-order valence-corrected chi connectivity index (χ4v) is 4.10. The van der Waals surface area contributed by atoms with Crippen LogP contribution in [0.4, 0.5) is 8.78 Å². The summed E-state index contributed by atoms with van der Waals surface area (Å²) in [5.74, 6) is -1.93. The SMILES string of the molecule is C[C@@H](C#N)[C@@](Cn1cncn1)(O[Si](C)(C)C)c1cc(F)ccc1F. The summed E-state index contributed by atoms with van der Waals surface area (Å²) in [6, 6.07) is 5.33. The summed E-state index contributed by atoms with van der Waals surface area (Å²) < 4.78 is 36.2. The van der Waals surface area contributed by atoms with Crippen molar-refractivity contribution >= 4 is 8.32 Å². The van der Waals surface area contributed by atoms with Crippen molar-refractivity contribution in [2.24, 2.45) is 5.92 Å². The first-order chi connectivity index (χ1) is 11.2. The second kappa shape index (κ2) is 6.79. The number of hydrogen-bond acceptors (Lipinski definition) is 4. The quantitative estimate of drug-likeness (QED) is 0.749. The van der Waals surface area contributed by atoms with Gasteiger partial charge in [0, 0.05) is 5.56 Å². The largest absolute Gasteiger partial charge is 0.405 e. The Balaban J connectivity index is 2.68. The van der Waals surface area contributed by atoms with Crippen LogP contribution in [-0.2, 0) is 16.6 Å². The monoisotopic (exact) mass is 350 g/mol. The lowest BCUT2D eigenvalue weighted by Gasteiger charge is -2.41. The molecule has 2 aromatic rings. The predicted octanol–water partition coefficient (Wildman–Crippen LogP) is 3.46. The summed E-state index contributed by atoms with van der Waals surface area (Å²) in [5.41, 5.74) is -1.34. The fraction of sp³-hybridized carbons (Fsp3) is 0.438. The number of nitriles is 1. The van der Waals surface area contributed by atoms with Crippen molar-refractivity contribution in [3.63, 3.8) is 0 Å². The van der Waals surface area contributed by atoms with Gasteiger partial charge >= 0.3 is 0 Å². The number of aromatic nitrogens is 3. The molecule has 128 valence electrons. The Morgan fingerprint density at radius 2 is 2.08 bits per heavy atom. The van der Waals surface area contributed by atoms with E-state index in [9.17, 15) is 14.0 Å². The molecule has 0 aliphatic carbocycles. The number of benzene rings is 1. The second-order valence-electron chi connectivity index (χ2n) is 6.67. The Morgan fingerprint density at radius 3 is 2.62 bits per heavy atom. The van der Waals surface area contributed by atoms with Crippen LogP contribution in [0.15, 0.2) is 30.9 Å². The Morgan fingerprint density at radius 1 is 1.38 bits per heavy atom. The predicted molar refractivity (Wildman–Crippen MR) is 87.3 cm³/mol. The molecule has 0 aliphatic heterocycles. The molecule has 24 heavy (non-hydrogen) atoms. The van der Waals surface area contributed by atoms with E-state index in [2.05, 4.69) is 16.2 Å². The second-order valence-corrected chi connectivity index (χ2v) is 11.1. The number of nitrogens with zero attached hydrogens (tertiary/aromatic N) is 4. The standard InChI is InChI=1S/C16H20F2N4OSi/c1-12(8-19)16(23-24(2,3)4,9-22-11-20-10-21-22)14-7-13(17)5-6-15(14)18/h5-7,10-12H,9H2,1-4H3/t12-,16+/m0/s1. The third-order valence-corrected chi connectivity index (χ3v) is 4.61. The Kier molecular flexibility index (Phi) is 5.16. The minimum Gasteiger partial charge on any atom is -0.405 e. The topological polar surface area (TPSA) is 63.7 Å². The molecule has 0 N–H and O–H groups in total. The molecule has 2 rings (SSSR count). The molecule has 5 nitrogen and oxygen atoms in total. The zero-order chi connectivity index (χ0) is 18.0. The van der Waals surface area contributed by atoms with Crippen LogP contribution in [0.3, 0.4) is 0 Å². The molecule has 0 saturated heterocycles. The summed E-state index contributed by atoms with van der Waals surface area (Å²) in [6.45, 7) is 7.51. The molecule has 0 saturated carbocycles. The van der Waals surface area contributed by atoms with Gasteiger partial charge in [0.1, 0.15) is 29.9 Å². The molecular weight excluding hydrogens is 330 g/mol. The van der Waals surface area contributed by atoms with E-state index in [-0.39, 0.29) is 12.1 Å². The molecule has 1 aromatic carbocycles. The van der Waals surface area contributed by atoms with E-state index in [4.69, 9.17) is 4.43 Å². The minimum absolute atomic E-state index is 0.0227. The van der Waals surface area contributed by atoms with Crippen LogP contribution in [0.25, 0.3) is 0 Å². The average Bonchev–Trinajstić information content (AvgIpc) is 2.99. The summed E-state index contributed by atoms with van der Waals surface area (Å²) >= 11 is 0. The zero-order valence-electron chi connectivity index (χ0n) is 14.1. The summed E-state index contributed by atoms with van der Waals surface area (Å²) in [7, 11) is -2.23. The van der Waals surface area contributed by atoms with Crippen molar-refractivity contribution in [3.05, 3.63) is 48.1 Å². The van der Waals surface area contributed by atoms with Gasteiger partial charge in [-0.25, -0.2) is 18.4 Å². The lowest BCUT2D eigenvalue weighted by molar-refractivity contribution is -0.000887. The first kappa shape index (κ1) is 18.2. The van der Waals surface area contributed by atoms with Gasteiger partial charge in [-0.2, -0.15) is 10.4 Å². The Labute approximate surface area is 141 Å². The first-order valence-electron chi connectivity index (χ1n) is 7.56. The van der Waals surface area contributed by atoms with Gasteiger partial charge in [0.15, 0.2) is 8.32 Å². The van der Waals surface area contributed by atoms with Gasteiger partial charge in [-0.1, -0.05) is 0 Å². The van der Waals surface area contributed by atoms with Crippen molar-refractivity contribution in [1.82, 2.24) is 14.8 Å². The summed E-state index contributed by atoms with van der Waals surface area (Å²) in [5, 5.41) is 13.6. The van der Waals surface area contributed by atoms with E-state index in [1.54, 1.807) is 6.92 Å². The molecule has 8 heteroatoms. The van der Waals surface area contributed by atoms with Gasteiger partial charge in [0.05, 0.1) is 18.5 Å². The van der Waals surface area contributed by atoms with Crippen molar-refractivity contribution < 1.29 is 13.2 Å². The molecule has 0 spiro atoms. The van der Waals surface area contributed by atoms with Crippen molar-refractivity contribution in [2.75, 3.05) is 0 Å². The van der Waals surface area contributed by atoms with Crippen LogP contribution in [0, 0.1) is 28.9 Å². The zero-order valence-corrected chi connectivity index (χ0v) is 15.1. The van der Waals surface area contributed by atoms with Crippen LogP contribution in [0.1, 0.15) is 12.5 Å². The molecule has 2 atom stereocenters. The molecule has 0 aliphatic rings. The van der Waals surface area contributed by atoms with E-state index in [0.717, 1.165) is 18.2 Å². The van der Waals surface area contributed by atoms with Gasteiger partial charge in [0.25, 0.3) is 0 Å². The maximum absolute atomic E-state index is 14.6. The van der Waals surface area contributed by atoms with Gasteiger partial charge in [-0.15, -0.1) is 0 Å². The third-order valence-electron chi connectivity index (χ3n) is 3.63. The molecule has 0 bridgehead atoms. The van der Waals surface area contributed by atoms with E-state index < -0.39 is 31.5 Å². The molecule has 0 radical (unpaired) electrons. The van der Waals surface area contributed by atoms with E-state index in [0.29, 0.717) is 0 Å². The van der Waals surface area contributed by atoms with Gasteiger partial charge in [0.2, 0.25) is 0 Å². The Bertz CT molecular complexity index is 740. The van der Waals surface area contributed by atoms with Gasteiger partial charge in [-0.3, -0.25) is 0 Å². The Hall–Kier alpha value is -2.11. The number of halogens is 2. The molecule has 0 unspecified atom stereocenters. The highest BCUT2D eigenvalue weighted by Crippen LogP contribution is 2.39. The van der Waals surface area contributed by atoms with Gasteiger partial charge < -0.3 is 4.43 Å². The minimum atomic E-state index is -2.23. The maximum Gasteiger partial charge on any atom is 0.185 e. The fourth-order valence-electron chi connectivity index (χ4n) is 2.66. The highest BCUT2D eigenvalue weighted by molar-refractivity contribution is 6.69. The van der Waals surface area contributed by atoms with Crippen molar-refractivity contribution in [1.29, 1.82) is 5.26 Å². The average molecular weight is 350 g/mol. The molecule has 0 amide bonds. The smallest absolute Gasteiger partial charge is 0.185 e. The van der Waals surface area contributed by atoms with E-state index in [1.165, 1.54) is 17.3 Å². The van der Waals surface area contributed by atoms with Crippen LogP contribution in [0.5, 0.6) is 0 Å². The first-order valence-corrected chi connectivity index (χ1v) is 11.0. The van der Waals surface area contributed by atoms with Crippen molar-refractivity contribution in [3.8, 4) is 6.07 Å². The molecule has 1 heterocycles. The lowest BCUT2D eigenvalue weighted by atomic mass is 9.82. The van der Waals surface area contributed by atoms with E-state index >= 15 is 0 Å². The van der Waals surface area contributed by atoms with Crippen molar-refractivity contribution in [2.45, 2.75) is 38.7 Å². The van der Waals surface area contributed by atoms with Crippen LogP contribution in [0.2, 0.25) is 19.6 Å². The number of hydrogen-bond donors (Lipinski definition) is 0. The highest BCUT2D eigenvalue weighted by Gasteiger charge is 2.45. The highest BCUT2D eigenvalue weighted by atomic mass is 28.4. The third kappa shape index (κ3) is 3.86. The molecule has 0 fully saturated rings. The van der Waals surface area contributed by atoms with Crippen LogP contribution in [-0.4, -0.2) is 23.1 Å². The molecular formula is C16H20F2N4OSi. The summed E-state index contributed by atoms with van der Waals surface area (Å²) in [6.07, 6.45) is 2.81. The normalized spacial score (nSPS) is 15.5. The van der Waals surface area contributed by atoms with E-state index in [1.807, 2.05) is 19.6 Å². The van der Waals surface area contributed by atoms with Crippen LogP contribution >= 0.6 is 0 Å². The maximum atomic E-state index is 14.6. The molecule has 1 aromatic heterocycles. The van der Waals surface area contributed by atoms with Gasteiger partial charge in [-0.05, 0) is 44.8 Å². The lowest BCUT2D eigenvalue weighted by Crippen LogP contribution is -2.48.